The average molecular weight is 333 g/mol. The normalized spacial score (nSPS) is 16.6. The molecule has 2 aromatic heterocycles. The molecule has 0 radical (unpaired) electrons. The molecule has 3 heterocycles. The molecule has 25 heavy (non-hydrogen) atoms. The summed E-state index contributed by atoms with van der Waals surface area (Å²) in [6.07, 6.45) is 4.52. The van der Waals surface area contributed by atoms with Crippen LogP contribution in [0.3, 0.4) is 0 Å². The summed E-state index contributed by atoms with van der Waals surface area (Å²) in [7, 11) is 0. The zero-order valence-corrected chi connectivity index (χ0v) is 13.8. The van der Waals surface area contributed by atoms with E-state index in [0.29, 0.717) is 11.8 Å². The predicted molar refractivity (Wildman–Crippen MR) is 96.4 cm³/mol. The van der Waals surface area contributed by atoms with Gasteiger partial charge in [0.2, 0.25) is 5.88 Å². The van der Waals surface area contributed by atoms with Crippen molar-refractivity contribution >= 4 is 11.5 Å². The number of pyridine rings is 2. The lowest BCUT2D eigenvalue weighted by molar-refractivity contribution is 0.193. The number of anilines is 2. The van der Waals surface area contributed by atoms with E-state index in [1.807, 2.05) is 48.5 Å². The lowest BCUT2D eigenvalue weighted by atomic mass is 10.00. The lowest BCUT2D eigenvalue weighted by Crippen LogP contribution is -2.02. The van der Waals surface area contributed by atoms with E-state index in [0.717, 1.165) is 42.5 Å². The first-order valence-corrected chi connectivity index (χ1v) is 8.37. The second-order valence-corrected chi connectivity index (χ2v) is 5.92. The Morgan fingerprint density at radius 1 is 0.960 bits per heavy atom. The largest absolute Gasteiger partial charge is 0.439 e. The molecule has 0 bridgehead atoms. The summed E-state index contributed by atoms with van der Waals surface area (Å²) < 4.78 is 11.5. The molecule has 1 saturated heterocycles. The van der Waals surface area contributed by atoms with Crippen LogP contribution in [0.5, 0.6) is 11.6 Å². The van der Waals surface area contributed by atoms with Gasteiger partial charge < -0.3 is 14.8 Å². The van der Waals surface area contributed by atoms with E-state index in [4.69, 9.17) is 9.47 Å². The number of hydrogen-bond donors (Lipinski definition) is 1. The van der Waals surface area contributed by atoms with Crippen LogP contribution in [0.4, 0.5) is 11.5 Å². The number of hydrogen-bond acceptors (Lipinski definition) is 5. The van der Waals surface area contributed by atoms with Crippen LogP contribution >= 0.6 is 0 Å². The summed E-state index contributed by atoms with van der Waals surface area (Å²) in [6.45, 7) is 1.53. The molecule has 4 rings (SSSR count). The predicted octanol–water partition coefficient (Wildman–Crippen LogP) is 4.52. The first-order chi connectivity index (χ1) is 12.4. The fourth-order valence-corrected chi connectivity index (χ4v) is 2.88. The third-order valence-electron chi connectivity index (χ3n) is 4.18. The molecule has 1 aliphatic heterocycles. The van der Waals surface area contributed by atoms with Crippen molar-refractivity contribution < 1.29 is 9.47 Å². The van der Waals surface area contributed by atoms with Gasteiger partial charge in [0.25, 0.3) is 0 Å². The van der Waals surface area contributed by atoms with Gasteiger partial charge in [-0.1, -0.05) is 12.1 Å². The minimum absolute atomic E-state index is 0.355. The third-order valence-corrected chi connectivity index (χ3v) is 4.18. The van der Waals surface area contributed by atoms with Crippen LogP contribution in [0.15, 0.2) is 67.0 Å². The lowest BCUT2D eigenvalue weighted by Gasteiger charge is -2.14. The highest BCUT2D eigenvalue weighted by Crippen LogP contribution is 2.33. The maximum atomic E-state index is 6.02. The van der Waals surface area contributed by atoms with E-state index in [1.54, 1.807) is 12.4 Å². The Morgan fingerprint density at radius 2 is 1.84 bits per heavy atom. The quantitative estimate of drug-likeness (QED) is 0.744. The topological polar surface area (TPSA) is 56.3 Å². The van der Waals surface area contributed by atoms with Gasteiger partial charge >= 0.3 is 0 Å². The zero-order valence-electron chi connectivity index (χ0n) is 13.8. The van der Waals surface area contributed by atoms with Crippen molar-refractivity contribution in [2.45, 2.75) is 12.3 Å². The molecule has 1 aliphatic rings. The Kier molecular flexibility index (Phi) is 4.57. The van der Waals surface area contributed by atoms with Gasteiger partial charge in [-0.05, 0) is 48.9 Å². The van der Waals surface area contributed by atoms with Gasteiger partial charge in [-0.25, -0.2) is 9.97 Å². The first-order valence-electron chi connectivity index (χ1n) is 8.37. The number of rotatable bonds is 5. The van der Waals surface area contributed by atoms with Crippen LogP contribution in [0.1, 0.15) is 17.9 Å². The van der Waals surface area contributed by atoms with Crippen molar-refractivity contribution in [2.75, 3.05) is 18.5 Å². The van der Waals surface area contributed by atoms with Crippen LogP contribution < -0.4 is 10.1 Å². The highest BCUT2D eigenvalue weighted by Gasteiger charge is 2.22. The van der Waals surface area contributed by atoms with Crippen molar-refractivity contribution in [1.29, 1.82) is 0 Å². The monoisotopic (exact) mass is 333 g/mol. The summed E-state index contributed by atoms with van der Waals surface area (Å²) in [6, 6.07) is 17.6. The summed E-state index contributed by atoms with van der Waals surface area (Å²) in [4.78, 5) is 8.66. The highest BCUT2D eigenvalue weighted by molar-refractivity contribution is 5.57. The Hall–Kier alpha value is -2.92. The number of ether oxygens (including phenoxy) is 2. The van der Waals surface area contributed by atoms with Crippen LogP contribution in [-0.4, -0.2) is 23.2 Å². The molecule has 0 aliphatic carbocycles. The molecule has 1 atom stereocenters. The van der Waals surface area contributed by atoms with Gasteiger partial charge in [0, 0.05) is 36.2 Å². The maximum Gasteiger partial charge on any atom is 0.222 e. The Bertz CT molecular complexity index is 816. The Balaban J connectivity index is 1.48. The van der Waals surface area contributed by atoms with Crippen LogP contribution in [0.25, 0.3) is 0 Å². The van der Waals surface area contributed by atoms with Gasteiger partial charge in [-0.15, -0.1) is 0 Å². The smallest absolute Gasteiger partial charge is 0.222 e. The number of benzene rings is 1. The van der Waals surface area contributed by atoms with E-state index >= 15 is 0 Å². The van der Waals surface area contributed by atoms with Crippen LogP contribution in [0, 0.1) is 0 Å². The van der Waals surface area contributed by atoms with Gasteiger partial charge in [0.05, 0.1) is 6.61 Å². The standard InChI is InChI=1S/C20H19N3O2/c1-2-11-21-19(5-1)23-16-6-8-17(9-7-16)25-20-18(4-3-12-22-20)15-10-13-24-14-15/h1-9,11-12,15H,10,13-14H2,(H,21,23). The molecule has 0 spiro atoms. The average Bonchev–Trinajstić information content (AvgIpc) is 3.19. The maximum absolute atomic E-state index is 6.02. The second kappa shape index (κ2) is 7.32. The van der Waals surface area contributed by atoms with Gasteiger partial charge in [0.15, 0.2) is 0 Å². The van der Waals surface area contributed by atoms with Gasteiger partial charge in [-0.2, -0.15) is 0 Å². The summed E-state index contributed by atoms with van der Waals surface area (Å²) in [5.74, 6) is 2.58. The molecule has 0 saturated carbocycles. The van der Waals surface area contributed by atoms with E-state index in [2.05, 4.69) is 21.4 Å². The van der Waals surface area contributed by atoms with Crippen molar-refractivity contribution in [3.63, 3.8) is 0 Å². The SMILES string of the molecule is c1ccc(Nc2ccc(Oc3ncccc3C3CCOC3)cc2)nc1. The highest BCUT2D eigenvalue weighted by atomic mass is 16.5. The molecular weight excluding hydrogens is 314 g/mol. The van der Waals surface area contributed by atoms with Gasteiger partial charge in [0.1, 0.15) is 11.6 Å². The third kappa shape index (κ3) is 3.78. The number of aromatic nitrogens is 2. The molecule has 1 aromatic carbocycles. The molecule has 1 N–H and O–H groups in total. The molecule has 1 unspecified atom stereocenters. The van der Waals surface area contributed by atoms with Crippen LogP contribution in [-0.2, 0) is 4.74 Å². The van der Waals surface area contributed by atoms with Crippen molar-refractivity contribution in [3.05, 3.63) is 72.6 Å². The van der Waals surface area contributed by atoms with Gasteiger partial charge in [-0.3, -0.25) is 0 Å². The molecule has 3 aromatic rings. The van der Waals surface area contributed by atoms with E-state index in [-0.39, 0.29) is 0 Å². The minimum Gasteiger partial charge on any atom is -0.439 e. The summed E-state index contributed by atoms with van der Waals surface area (Å²) in [5.41, 5.74) is 2.06. The minimum atomic E-state index is 0.355. The second-order valence-electron chi connectivity index (χ2n) is 5.92. The van der Waals surface area contributed by atoms with E-state index in [9.17, 15) is 0 Å². The molecular formula is C20H19N3O2. The first kappa shape index (κ1) is 15.6. The molecule has 5 heteroatoms. The Labute approximate surface area is 146 Å². The fraction of sp³-hybridized carbons (Fsp3) is 0.200. The van der Waals surface area contributed by atoms with Crippen molar-refractivity contribution in [1.82, 2.24) is 9.97 Å². The fourth-order valence-electron chi connectivity index (χ4n) is 2.88. The summed E-state index contributed by atoms with van der Waals surface area (Å²) >= 11 is 0. The zero-order chi connectivity index (χ0) is 16.9. The van der Waals surface area contributed by atoms with Crippen molar-refractivity contribution in [3.8, 4) is 11.6 Å². The molecule has 126 valence electrons. The number of nitrogens with one attached hydrogen (secondary N) is 1. The van der Waals surface area contributed by atoms with Crippen molar-refractivity contribution in [2.24, 2.45) is 0 Å². The summed E-state index contributed by atoms with van der Waals surface area (Å²) in [5, 5.41) is 3.25. The molecule has 0 amide bonds. The Morgan fingerprint density at radius 3 is 2.60 bits per heavy atom. The van der Waals surface area contributed by atoms with E-state index < -0.39 is 0 Å². The van der Waals surface area contributed by atoms with Crippen LogP contribution in [0.2, 0.25) is 0 Å². The number of nitrogens with zero attached hydrogens (tertiary/aromatic N) is 2. The molecule has 1 fully saturated rings. The van der Waals surface area contributed by atoms with E-state index in [1.165, 1.54) is 0 Å². The molecule has 5 nitrogen and oxygen atoms in total.